The van der Waals surface area contributed by atoms with Crippen LogP contribution in [0.2, 0.25) is 0 Å². The lowest BCUT2D eigenvalue weighted by Gasteiger charge is -2.04. The van der Waals surface area contributed by atoms with Crippen LogP contribution in [0.15, 0.2) is 24.3 Å². The van der Waals surface area contributed by atoms with Crippen molar-refractivity contribution in [1.29, 1.82) is 0 Å². The molecule has 2 rings (SSSR count). The molecule has 0 aliphatic heterocycles. The summed E-state index contributed by atoms with van der Waals surface area (Å²) in [5, 5.41) is 0. The van der Waals surface area contributed by atoms with Gasteiger partial charge in [0.05, 0.1) is 6.61 Å². The van der Waals surface area contributed by atoms with Gasteiger partial charge < -0.3 is 10.5 Å². The Balaban J connectivity index is 2.13. The predicted octanol–water partition coefficient (Wildman–Crippen LogP) is 1.90. The molecule has 0 aromatic heterocycles. The highest BCUT2D eigenvalue weighted by atomic mass is 16.5. The van der Waals surface area contributed by atoms with Crippen molar-refractivity contribution in [2.24, 2.45) is 5.73 Å². The molecular formula is C11H15NO. The zero-order valence-electron chi connectivity index (χ0n) is 7.86. The minimum absolute atomic E-state index is 0.372. The summed E-state index contributed by atoms with van der Waals surface area (Å²) in [6.45, 7) is 2.72. The third-order valence-electron chi connectivity index (χ3n) is 2.44. The molecule has 0 unspecified atom stereocenters. The van der Waals surface area contributed by atoms with E-state index in [9.17, 15) is 0 Å². The van der Waals surface area contributed by atoms with E-state index in [0.717, 1.165) is 18.8 Å². The van der Waals surface area contributed by atoms with E-state index in [2.05, 4.69) is 12.1 Å². The van der Waals surface area contributed by atoms with Gasteiger partial charge in [-0.05, 0) is 31.0 Å². The largest absolute Gasteiger partial charge is 0.494 e. The molecule has 0 amide bonds. The molecule has 2 heteroatoms. The molecule has 0 spiro atoms. The van der Waals surface area contributed by atoms with E-state index in [-0.39, 0.29) is 0 Å². The van der Waals surface area contributed by atoms with Gasteiger partial charge in [-0.2, -0.15) is 0 Å². The van der Waals surface area contributed by atoms with E-state index in [4.69, 9.17) is 10.5 Å². The first-order valence-electron chi connectivity index (χ1n) is 4.79. The zero-order chi connectivity index (χ0) is 9.26. The highest BCUT2D eigenvalue weighted by Crippen LogP contribution is 2.39. The average Bonchev–Trinajstić information content (AvgIpc) is 2.84. The molecule has 1 aromatic carbocycles. The van der Waals surface area contributed by atoms with Gasteiger partial charge in [0, 0.05) is 12.0 Å². The number of ether oxygens (including phenoxy) is 1. The van der Waals surface area contributed by atoms with E-state index in [1.165, 1.54) is 5.56 Å². The Morgan fingerprint density at radius 3 is 2.92 bits per heavy atom. The molecule has 0 bridgehead atoms. The monoisotopic (exact) mass is 177 g/mol. The van der Waals surface area contributed by atoms with Gasteiger partial charge in [0.1, 0.15) is 5.75 Å². The Morgan fingerprint density at radius 1 is 1.54 bits per heavy atom. The highest BCUT2D eigenvalue weighted by molar-refractivity contribution is 5.34. The summed E-state index contributed by atoms with van der Waals surface area (Å²) in [5.41, 5.74) is 7.10. The van der Waals surface area contributed by atoms with Crippen LogP contribution in [0.5, 0.6) is 5.75 Å². The third kappa shape index (κ3) is 1.83. The standard InChI is InChI=1S/C11H15NO/c1-2-13-9-5-3-4-8(6-9)10-7-11(10)12/h3-6,10-11H,2,7,12H2,1H3/t10-,11+/m0/s1. The molecule has 70 valence electrons. The first-order chi connectivity index (χ1) is 6.31. The Morgan fingerprint density at radius 2 is 2.31 bits per heavy atom. The summed E-state index contributed by atoms with van der Waals surface area (Å²) in [4.78, 5) is 0. The van der Waals surface area contributed by atoms with Crippen LogP contribution < -0.4 is 10.5 Å². The summed E-state index contributed by atoms with van der Waals surface area (Å²) >= 11 is 0. The predicted molar refractivity (Wildman–Crippen MR) is 52.9 cm³/mol. The Labute approximate surface area is 78.7 Å². The third-order valence-corrected chi connectivity index (χ3v) is 2.44. The maximum atomic E-state index is 5.78. The Hall–Kier alpha value is -1.02. The number of hydrogen-bond acceptors (Lipinski definition) is 2. The Bertz CT molecular complexity index is 298. The van der Waals surface area contributed by atoms with Crippen molar-refractivity contribution in [2.45, 2.75) is 25.3 Å². The van der Waals surface area contributed by atoms with Gasteiger partial charge in [-0.15, -0.1) is 0 Å². The fourth-order valence-corrected chi connectivity index (χ4v) is 1.60. The lowest BCUT2D eigenvalue weighted by Crippen LogP contribution is -2.01. The molecule has 2 atom stereocenters. The second-order valence-corrected chi connectivity index (χ2v) is 3.51. The molecule has 13 heavy (non-hydrogen) atoms. The SMILES string of the molecule is CCOc1cccc([C@@H]2C[C@H]2N)c1. The summed E-state index contributed by atoms with van der Waals surface area (Å²) in [6.07, 6.45) is 1.12. The molecule has 1 aliphatic rings. The van der Waals surface area contributed by atoms with Gasteiger partial charge in [-0.25, -0.2) is 0 Å². The lowest BCUT2D eigenvalue weighted by atomic mass is 10.1. The first-order valence-corrected chi connectivity index (χ1v) is 4.79. The van der Waals surface area contributed by atoms with Crippen molar-refractivity contribution >= 4 is 0 Å². The number of benzene rings is 1. The zero-order valence-corrected chi connectivity index (χ0v) is 7.86. The summed E-state index contributed by atoms with van der Waals surface area (Å²) in [5.74, 6) is 1.53. The van der Waals surface area contributed by atoms with Crippen LogP contribution in [0, 0.1) is 0 Å². The van der Waals surface area contributed by atoms with Crippen molar-refractivity contribution in [3.8, 4) is 5.75 Å². The fourth-order valence-electron chi connectivity index (χ4n) is 1.60. The minimum atomic E-state index is 0.372. The molecule has 2 N–H and O–H groups in total. The van der Waals surface area contributed by atoms with Crippen molar-refractivity contribution in [3.63, 3.8) is 0 Å². The number of nitrogens with two attached hydrogens (primary N) is 1. The van der Waals surface area contributed by atoms with Crippen LogP contribution in [0.3, 0.4) is 0 Å². The van der Waals surface area contributed by atoms with E-state index >= 15 is 0 Å². The maximum Gasteiger partial charge on any atom is 0.119 e. The van der Waals surface area contributed by atoms with Gasteiger partial charge in [0.2, 0.25) is 0 Å². The molecule has 1 aromatic rings. The summed E-state index contributed by atoms with van der Waals surface area (Å²) in [7, 11) is 0. The quantitative estimate of drug-likeness (QED) is 0.765. The van der Waals surface area contributed by atoms with Gasteiger partial charge in [-0.1, -0.05) is 12.1 Å². The minimum Gasteiger partial charge on any atom is -0.494 e. The normalized spacial score (nSPS) is 25.7. The summed E-state index contributed by atoms with van der Waals surface area (Å²) < 4.78 is 5.42. The van der Waals surface area contributed by atoms with Crippen LogP contribution in [0.1, 0.15) is 24.8 Å². The average molecular weight is 177 g/mol. The van der Waals surface area contributed by atoms with E-state index in [0.29, 0.717) is 12.0 Å². The second kappa shape index (κ2) is 3.38. The van der Waals surface area contributed by atoms with Gasteiger partial charge >= 0.3 is 0 Å². The van der Waals surface area contributed by atoms with Gasteiger partial charge in [0.15, 0.2) is 0 Å². The van der Waals surface area contributed by atoms with Crippen molar-refractivity contribution in [2.75, 3.05) is 6.61 Å². The molecule has 0 heterocycles. The smallest absolute Gasteiger partial charge is 0.119 e. The van der Waals surface area contributed by atoms with Crippen LogP contribution in [0.4, 0.5) is 0 Å². The van der Waals surface area contributed by atoms with Crippen LogP contribution in [-0.2, 0) is 0 Å². The van der Waals surface area contributed by atoms with Crippen molar-refractivity contribution in [1.82, 2.24) is 0 Å². The summed E-state index contributed by atoms with van der Waals surface area (Å²) in [6, 6.07) is 8.62. The van der Waals surface area contributed by atoms with Crippen molar-refractivity contribution in [3.05, 3.63) is 29.8 Å². The van der Waals surface area contributed by atoms with E-state index < -0.39 is 0 Å². The maximum absolute atomic E-state index is 5.78. The molecule has 1 aliphatic carbocycles. The van der Waals surface area contributed by atoms with Crippen LogP contribution in [-0.4, -0.2) is 12.6 Å². The fraction of sp³-hybridized carbons (Fsp3) is 0.455. The molecule has 0 saturated heterocycles. The van der Waals surface area contributed by atoms with E-state index in [1.807, 2.05) is 19.1 Å². The van der Waals surface area contributed by atoms with Crippen LogP contribution >= 0.6 is 0 Å². The van der Waals surface area contributed by atoms with Crippen molar-refractivity contribution < 1.29 is 4.74 Å². The molecular weight excluding hydrogens is 162 g/mol. The molecule has 1 fully saturated rings. The Kier molecular flexibility index (Phi) is 2.23. The lowest BCUT2D eigenvalue weighted by molar-refractivity contribution is 0.340. The highest BCUT2D eigenvalue weighted by Gasteiger charge is 2.34. The number of hydrogen-bond donors (Lipinski definition) is 1. The molecule has 0 radical (unpaired) electrons. The van der Waals surface area contributed by atoms with Gasteiger partial charge in [0.25, 0.3) is 0 Å². The first kappa shape index (κ1) is 8.57. The van der Waals surface area contributed by atoms with Crippen LogP contribution in [0.25, 0.3) is 0 Å². The van der Waals surface area contributed by atoms with E-state index in [1.54, 1.807) is 0 Å². The molecule has 2 nitrogen and oxygen atoms in total. The van der Waals surface area contributed by atoms with Gasteiger partial charge in [-0.3, -0.25) is 0 Å². The number of rotatable bonds is 3. The second-order valence-electron chi connectivity index (χ2n) is 3.51. The topological polar surface area (TPSA) is 35.2 Å². The molecule has 1 saturated carbocycles.